The van der Waals surface area contributed by atoms with Crippen LogP contribution >= 0.6 is 0 Å². The van der Waals surface area contributed by atoms with Crippen molar-refractivity contribution >= 4 is 24.1 Å². The predicted octanol–water partition coefficient (Wildman–Crippen LogP) is 0.284. The van der Waals surface area contributed by atoms with E-state index in [2.05, 4.69) is 15.2 Å². The zero-order chi connectivity index (χ0) is 18.4. The average molecular weight is 358 g/mol. The lowest BCUT2D eigenvalue weighted by atomic mass is 10.1. The quantitative estimate of drug-likeness (QED) is 0.583. The standard InChI is InChI=1S/C18H22N4O4/c23-16-15(12-19-6-7-21-8-10-26-11-9-21)17(24)22(18(25)20-16)13-14-4-2-1-3-5-14/h1-5,12,15H,6-11,13H2,(H,20,23,25)/t15-/m1/s1. The van der Waals surface area contributed by atoms with E-state index in [0.717, 1.165) is 30.1 Å². The minimum absolute atomic E-state index is 0.122. The Hall–Kier alpha value is -2.58. The number of urea groups is 1. The third-order valence-electron chi connectivity index (χ3n) is 4.38. The number of nitrogens with zero attached hydrogens (tertiary/aromatic N) is 3. The molecule has 0 unspecified atom stereocenters. The Morgan fingerprint density at radius 3 is 2.62 bits per heavy atom. The van der Waals surface area contributed by atoms with Gasteiger partial charge in [-0.15, -0.1) is 0 Å². The van der Waals surface area contributed by atoms with Gasteiger partial charge in [-0.25, -0.2) is 4.79 Å². The molecule has 1 aromatic rings. The molecule has 0 spiro atoms. The van der Waals surface area contributed by atoms with Gasteiger partial charge in [0, 0.05) is 25.8 Å². The van der Waals surface area contributed by atoms with E-state index in [4.69, 9.17) is 4.74 Å². The highest BCUT2D eigenvalue weighted by Gasteiger charge is 2.39. The highest BCUT2D eigenvalue weighted by atomic mass is 16.5. The van der Waals surface area contributed by atoms with Crippen molar-refractivity contribution in [2.45, 2.75) is 6.54 Å². The minimum atomic E-state index is -1.07. The Morgan fingerprint density at radius 2 is 1.88 bits per heavy atom. The summed E-state index contributed by atoms with van der Waals surface area (Å²) in [6.45, 7) is 4.50. The van der Waals surface area contributed by atoms with E-state index in [-0.39, 0.29) is 6.54 Å². The average Bonchev–Trinajstić information content (AvgIpc) is 2.66. The number of ether oxygens (including phenoxy) is 1. The van der Waals surface area contributed by atoms with E-state index < -0.39 is 23.8 Å². The predicted molar refractivity (Wildman–Crippen MR) is 94.6 cm³/mol. The van der Waals surface area contributed by atoms with E-state index in [1.165, 1.54) is 6.21 Å². The van der Waals surface area contributed by atoms with Gasteiger partial charge in [0.2, 0.25) is 11.8 Å². The summed E-state index contributed by atoms with van der Waals surface area (Å²) in [6, 6.07) is 8.47. The molecule has 1 aromatic carbocycles. The van der Waals surface area contributed by atoms with Crippen LogP contribution in [0.2, 0.25) is 0 Å². The Kier molecular flexibility index (Phi) is 6.08. The fourth-order valence-corrected chi connectivity index (χ4v) is 2.88. The molecule has 4 amide bonds. The molecule has 2 saturated heterocycles. The molecule has 138 valence electrons. The molecule has 1 atom stereocenters. The summed E-state index contributed by atoms with van der Waals surface area (Å²) in [5.41, 5.74) is 0.813. The van der Waals surface area contributed by atoms with E-state index in [1.807, 2.05) is 30.3 Å². The van der Waals surface area contributed by atoms with E-state index >= 15 is 0 Å². The highest BCUT2D eigenvalue weighted by molar-refractivity contribution is 6.23. The number of carbonyl (C=O) groups is 3. The summed E-state index contributed by atoms with van der Waals surface area (Å²) in [7, 11) is 0. The summed E-state index contributed by atoms with van der Waals surface area (Å²) in [5.74, 6) is -2.24. The molecule has 26 heavy (non-hydrogen) atoms. The third-order valence-corrected chi connectivity index (χ3v) is 4.38. The largest absolute Gasteiger partial charge is 0.379 e. The molecule has 0 saturated carbocycles. The summed E-state index contributed by atoms with van der Waals surface area (Å²) < 4.78 is 5.28. The van der Waals surface area contributed by atoms with Gasteiger partial charge in [0.1, 0.15) is 0 Å². The maximum absolute atomic E-state index is 12.6. The Bertz CT molecular complexity index is 686. The van der Waals surface area contributed by atoms with Crippen LogP contribution in [0.3, 0.4) is 0 Å². The fourth-order valence-electron chi connectivity index (χ4n) is 2.88. The topological polar surface area (TPSA) is 91.3 Å². The molecule has 8 heteroatoms. The van der Waals surface area contributed by atoms with Gasteiger partial charge >= 0.3 is 6.03 Å². The number of carbonyl (C=O) groups excluding carboxylic acids is 3. The van der Waals surface area contributed by atoms with Crippen LogP contribution in [0.25, 0.3) is 0 Å². The number of amides is 4. The number of hydrogen-bond donors (Lipinski definition) is 1. The molecule has 0 aliphatic carbocycles. The smallest absolute Gasteiger partial charge is 0.331 e. The van der Waals surface area contributed by atoms with Gasteiger partial charge in [-0.2, -0.15) is 0 Å². The van der Waals surface area contributed by atoms with E-state index in [0.29, 0.717) is 19.8 Å². The maximum atomic E-state index is 12.6. The van der Waals surface area contributed by atoms with E-state index in [1.54, 1.807) is 0 Å². The molecule has 8 nitrogen and oxygen atoms in total. The lowest BCUT2D eigenvalue weighted by Crippen LogP contribution is -2.57. The molecule has 2 fully saturated rings. The van der Waals surface area contributed by atoms with Crippen LogP contribution in [0.5, 0.6) is 0 Å². The summed E-state index contributed by atoms with van der Waals surface area (Å²) >= 11 is 0. The zero-order valence-electron chi connectivity index (χ0n) is 14.5. The second-order valence-electron chi connectivity index (χ2n) is 6.19. The summed E-state index contributed by atoms with van der Waals surface area (Å²) in [5, 5.41) is 2.23. The van der Waals surface area contributed by atoms with Gasteiger partial charge < -0.3 is 4.74 Å². The number of imide groups is 2. The molecule has 2 aliphatic heterocycles. The first-order chi connectivity index (χ1) is 12.6. The number of rotatable bonds is 6. The summed E-state index contributed by atoms with van der Waals surface area (Å²) in [6.07, 6.45) is 1.35. The Balaban J connectivity index is 1.58. The van der Waals surface area contributed by atoms with Crippen LogP contribution in [0.4, 0.5) is 4.79 Å². The van der Waals surface area contributed by atoms with Crippen LogP contribution in [0.1, 0.15) is 5.56 Å². The number of nitrogens with one attached hydrogen (secondary N) is 1. The lowest BCUT2D eigenvalue weighted by Gasteiger charge is -2.28. The fraction of sp³-hybridized carbons (Fsp3) is 0.444. The molecule has 3 rings (SSSR count). The van der Waals surface area contributed by atoms with Crippen molar-refractivity contribution in [2.24, 2.45) is 10.9 Å². The number of benzene rings is 1. The number of morpholine rings is 1. The normalized spacial score (nSPS) is 22.1. The van der Waals surface area contributed by atoms with Crippen LogP contribution in [-0.2, 0) is 20.9 Å². The first kappa shape index (κ1) is 18.2. The van der Waals surface area contributed by atoms with Crippen molar-refractivity contribution in [2.75, 3.05) is 39.4 Å². The highest BCUT2D eigenvalue weighted by Crippen LogP contribution is 2.13. The third kappa shape index (κ3) is 4.53. The summed E-state index contributed by atoms with van der Waals surface area (Å²) in [4.78, 5) is 44.1. The van der Waals surface area contributed by atoms with Gasteiger partial charge in [-0.3, -0.25) is 29.7 Å². The Labute approximate surface area is 151 Å². The van der Waals surface area contributed by atoms with Crippen molar-refractivity contribution in [1.82, 2.24) is 15.1 Å². The first-order valence-corrected chi connectivity index (χ1v) is 8.65. The minimum Gasteiger partial charge on any atom is -0.379 e. The molecule has 0 bridgehead atoms. The van der Waals surface area contributed by atoms with Crippen molar-refractivity contribution in [3.63, 3.8) is 0 Å². The van der Waals surface area contributed by atoms with Crippen LogP contribution in [0.15, 0.2) is 35.3 Å². The van der Waals surface area contributed by atoms with Crippen LogP contribution < -0.4 is 5.32 Å². The molecular weight excluding hydrogens is 336 g/mol. The SMILES string of the molecule is O=C1NC(=O)N(Cc2ccccc2)C(=O)[C@@H]1C=NCCN1CCOCC1. The van der Waals surface area contributed by atoms with Crippen molar-refractivity contribution < 1.29 is 19.1 Å². The number of barbiturate groups is 1. The van der Waals surface area contributed by atoms with Gasteiger partial charge in [-0.1, -0.05) is 30.3 Å². The molecular formula is C18H22N4O4. The zero-order valence-corrected chi connectivity index (χ0v) is 14.5. The molecule has 2 heterocycles. The van der Waals surface area contributed by atoms with Gasteiger partial charge in [-0.05, 0) is 5.56 Å². The maximum Gasteiger partial charge on any atom is 0.331 e. The van der Waals surface area contributed by atoms with Crippen molar-refractivity contribution in [3.8, 4) is 0 Å². The van der Waals surface area contributed by atoms with Crippen LogP contribution in [0, 0.1) is 5.92 Å². The lowest BCUT2D eigenvalue weighted by molar-refractivity contribution is -0.139. The second-order valence-corrected chi connectivity index (χ2v) is 6.19. The second kappa shape index (κ2) is 8.68. The van der Waals surface area contributed by atoms with Crippen molar-refractivity contribution in [3.05, 3.63) is 35.9 Å². The van der Waals surface area contributed by atoms with Crippen LogP contribution in [-0.4, -0.2) is 73.3 Å². The first-order valence-electron chi connectivity index (χ1n) is 8.65. The number of hydrogen-bond acceptors (Lipinski definition) is 6. The molecule has 0 aromatic heterocycles. The molecule has 2 aliphatic rings. The van der Waals surface area contributed by atoms with Crippen molar-refractivity contribution in [1.29, 1.82) is 0 Å². The Morgan fingerprint density at radius 1 is 1.15 bits per heavy atom. The van der Waals surface area contributed by atoms with Gasteiger partial charge in [0.15, 0.2) is 5.92 Å². The van der Waals surface area contributed by atoms with Gasteiger partial charge in [0.05, 0.1) is 26.3 Å². The van der Waals surface area contributed by atoms with Gasteiger partial charge in [0.25, 0.3) is 0 Å². The molecule has 1 N–H and O–H groups in total. The number of aliphatic imine (C=N–C) groups is 1. The molecule has 0 radical (unpaired) electrons. The van der Waals surface area contributed by atoms with E-state index in [9.17, 15) is 14.4 Å². The monoisotopic (exact) mass is 358 g/mol.